The van der Waals surface area contributed by atoms with E-state index in [0.29, 0.717) is 17.7 Å². The van der Waals surface area contributed by atoms with Gasteiger partial charge in [0.25, 0.3) is 0 Å². The predicted octanol–water partition coefficient (Wildman–Crippen LogP) is 4.31. The molecule has 0 bridgehead atoms. The number of carbonyl (C=O) groups excluding carboxylic acids is 1. The maximum atomic E-state index is 13.5. The van der Waals surface area contributed by atoms with Crippen LogP contribution >= 0.6 is 0 Å². The van der Waals surface area contributed by atoms with Gasteiger partial charge in [0.1, 0.15) is 5.75 Å². The second-order valence-corrected chi connectivity index (χ2v) is 7.75. The van der Waals surface area contributed by atoms with Gasteiger partial charge in [0.05, 0.1) is 23.4 Å². The van der Waals surface area contributed by atoms with Crippen molar-refractivity contribution >= 4 is 22.4 Å². The minimum Gasteiger partial charge on any atom is -0.494 e. The largest absolute Gasteiger partial charge is 0.494 e. The Labute approximate surface area is 178 Å². The molecule has 5 nitrogen and oxygen atoms in total. The molecule has 3 aromatic rings. The van der Waals surface area contributed by atoms with E-state index in [9.17, 15) is 4.79 Å². The third-order valence-electron chi connectivity index (χ3n) is 5.80. The number of anilines is 1. The van der Waals surface area contributed by atoms with Crippen LogP contribution in [0.2, 0.25) is 0 Å². The van der Waals surface area contributed by atoms with Gasteiger partial charge in [0, 0.05) is 43.3 Å². The molecular weight excluding hydrogens is 374 g/mol. The molecule has 1 aliphatic rings. The van der Waals surface area contributed by atoms with E-state index in [-0.39, 0.29) is 5.78 Å². The number of ether oxygens (including phenoxy) is 1. The summed E-state index contributed by atoms with van der Waals surface area (Å²) < 4.78 is 5.52. The van der Waals surface area contributed by atoms with E-state index in [1.54, 1.807) is 6.20 Å². The summed E-state index contributed by atoms with van der Waals surface area (Å²) in [4.78, 5) is 22.9. The molecule has 0 aliphatic carbocycles. The van der Waals surface area contributed by atoms with Crippen LogP contribution in [0.3, 0.4) is 0 Å². The lowest BCUT2D eigenvalue weighted by Crippen LogP contribution is -2.46. The average Bonchev–Trinajstić information content (AvgIpc) is 2.78. The molecule has 4 rings (SSSR count). The van der Waals surface area contributed by atoms with Crippen LogP contribution in [-0.2, 0) is 0 Å². The van der Waals surface area contributed by atoms with Crippen molar-refractivity contribution in [2.24, 2.45) is 0 Å². The molecule has 30 heavy (non-hydrogen) atoms. The Bertz CT molecular complexity index is 1040. The SMILES string of the molecule is CCOc1ccc(C(=O)c2cnc3ccc(C)cc3c2N2CCN(CC)CC2)cc1. The van der Waals surface area contributed by atoms with Crippen LogP contribution in [0.5, 0.6) is 5.75 Å². The van der Waals surface area contributed by atoms with Crippen LogP contribution in [0.4, 0.5) is 5.69 Å². The van der Waals surface area contributed by atoms with Gasteiger partial charge in [0.2, 0.25) is 0 Å². The van der Waals surface area contributed by atoms with Crippen molar-refractivity contribution in [2.45, 2.75) is 20.8 Å². The number of hydrogen-bond acceptors (Lipinski definition) is 5. The first-order chi connectivity index (χ1) is 14.6. The van der Waals surface area contributed by atoms with E-state index in [0.717, 1.165) is 55.1 Å². The summed E-state index contributed by atoms with van der Waals surface area (Å²) >= 11 is 0. The average molecular weight is 404 g/mol. The summed E-state index contributed by atoms with van der Waals surface area (Å²) in [6.45, 7) is 11.7. The minimum atomic E-state index is 0.00174. The van der Waals surface area contributed by atoms with Crippen molar-refractivity contribution in [3.05, 3.63) is 65.4 Å². The Morgan fingerprint density at radius 3 is 2.43 bits per heavy atom. The zero-order valence-electron chi connectivity index (χ0n) is 18.0. The number of rotatable bonds is 6. The summed E-state index contributed by atoms with van der Waals surface area (Å²) in [7, 11) is 0. The second kappa shape index (κ2) is 8.84. The van der Waals surface area contributed by atoms with Gasteiger partial charge in [-0.3, -0.25) is 9.78 Å². The highest BCUT2D eigenvalue weighted by Crippen LogP contribution is 2.33. The molecule has 0 atom stereocenters. The molecule has 1 aliphatic heterocycles. The fraction of sp³-hybridized carbons (Fsp3) is 0.360. The third kappa shape index (κ3) is 4.03. The fourth-order valence-electron chi connectivity index (χ4n) is 4.11. The van der Waals surface area contributed by atoms with Crippen LogP contribution in [0.15, 0.2) is 48.7 Å². The van der Waals surface area contributed by atoms with Crippen molar-refractivity contribution in [1.29, 1.82) is 0 Å². The zero-order chi connectivity index (χ0) is 21.1. The topological polar surface area (TPSA) is 45.7 Å². The van der Waals surface area contributed by atoms with Gasteiger partial charge >= 0.3 is 0 Å². The highest BCUT2D eigenvalue weighted by atomic mass is 16.5. The number of aromatic nitrogens is 1. The number of fused-ring (bicyclic) bond motifs is 1. The number of likely N-dealkylation sites (N-methyl/N-ethyl adjacent to an activating group) is 1. The lowest BCUT2D eigenvalue weighted by atomic mass is 9.98. The summed E-state index contributed by atoms with van der Waals surface area (Å²) in [6.07, 6.45) is 1.75. The van der Waals surface area contributed by atoms with E-state index in [2.05, 4.69) is 40.8 Å². The summed E-state index contributed by atoms with van der Waals surface area (Å²) in [5, 5.41) is 1.05. The van der Waals surface area contributed by atoms with E-state index in [1.165, 1.54) is 5.56 Å². The molecule has 1 aromatic heterocycles. The maximum Gasteiger partial charge on any atom is 0.196 e. The number of piperazine rings is 1. The Kier molecular flexibility index (Phi) is 6.00. The van der Waals surface area contributed by atoms with Crippen molar-refractivity contribution < 1.29 is 9.53 Å². The van der Waals surface area contributed by atoms with Gasteiger partial charge in [-0.05, 0) is 56.8 Å². The van der Waals surface area contributed by atoms with Crippen LogP contribution in [0.25, 0.3) is 10.9 Å². The smallest absolute Gasteiger partial charge is 0.196 e. The van der Waals surface area contributed by atoms with Gasteiger partial charge in [-0.2, -0.15) is 0 Å². The summed E-state index contributed by atoms with van der Waals surface area (Å²) in [5.41, 5.74) is 4.43. The van der Waals surface area contributed by atoms with Crippen molar-refractivity contribution in [2.75, 3.05) is 44.2 Å². The van der Waals surface area contributed by atoms with E-state index in [4.69, 9.17) is 4.74 Å². The van der Waals surface area contributed by atoms with E-state index >= 15 is 0 Å². The zero-order valence-corrected chi connectivity index (χ0v) is 18.0. The fourth-order valence-corrected chi connectivity index (χ4v) is 4.11. The Balaban J connectivity index is 1.77. The number of aryl methyl sites for hydroxylation is 1. The third-order valence-corrected chi connectivity index (χ3v) is 5.80. The second-order valence-electron chi connectivity index (χ2n) is 7.75. The first-order valence-electron chi connectivity index (χ1n) is 10.7. The molecule has 0 saturated carbocycles. The molecule has 2 heterocycles. The molecule has 1 saturated heterocycles. The van der Waals surface area contributed by atoms with E-state index < -0.39 is 0 Å². The normalized spacial score (nSPS) is 14.8. The number of hydrogen-bond donors (Lipinski definition) is 0. The highest BCUT2D eigenvalue weighted by Gasteiger charge is 2.24. The number of nitrogens with zero attached hydrogens (tertiary/aromatic N) is 3. The highest BCUT2D eigenvalue weighted by molar-refractivity contribution is 6.16. The molecule has 0 radical (unpaired) electrons. The molecule has 156 valence electrons. The predicted molar refractivity (Wildman–Crippen MR) is 122 cm³/mol. The Morgan fingerprint density at radius 2 is 1.77 bits per heavy atom. The lowest BCUT2D eigenvalue weighted by Gasteiger charge is -2.36. The molecule has 0 N–H and O–H groups in total. The molecule has 0 amide bonds. The van der Waals surface area contributed by atoms with Crippen LogP contribution in [-0.4, -0.2) is 55.0 Å². The van der Waals surface area contributed by atoms with Gasteiger partial charge in [-0.25, -0.2) is 0 Å². The summed E-state index contributed by atoms with van der Waals surface area (Å²) in [6, 6.07) is 13.7. The minimum absolute atomic E-state index is 0.00174. The first-order valence-corrected chi connectivity index (χ1v) is 10.7. The molecule has 5 heteroatoms. The maximum absolute atomic E-state index is 13.5. The van der Waals surface area contributed by atoms with Gasteiger partial charge in [0.15, 0.2) is 5.78 Å². The number of ketones is 1. The molecule has 0 unspecified atom stereocenters. The standard InChI is InChI=1S/C25H29N3O2/c1-4-27-12-14-28(15-13-27)24-21-16-18(3)6-11-23(21)26-17-22(24)25(29)19-7-9-20(10-8-19)30-5-2/h6-11,16-17H,4-5,12-15H2,1-3H3. The Hall–Kier alpha value is -2.92. The first kappa shape index (κ1) is 20.4. The van der Waals surface area contributed by atoms with Crippen LogP contribution < -0.4 is 9.64 Å². The number of pyridine rings is 1. The number of benzene rings is 2. The quantitative estimate of drug-likeness (QED) is 0.574. The van der Waals surface area contributed by atoms with Crippen molar-refractivity contribution in [1.82, 2.24) is 9.88 Å². The van der Waals surface area contributed by atoms with Crippen LogP contribution in [0.1, 0.15) is 35.3 Å². The molecule has 1 fully saturated rings. The number of carbonyl (C=O) groups is 1. The monoisotopic (exact) mass is 403 g/mol. The van der Waals surface area contributed by atoms with E-state index in [1.807, 2.05) is 37.3 Å². The molecular formula is C25H29N3O2. The van der Waals surface area contributed by atoms with Gasteiger partial charge in [-0.15, -0.1) is 0 Å². The molecule has 0 spiro atoms. The van der Waals surface area contributed by atoms with Crippen LogP contribution in [0, 0.1) is 6.92 Å². The molecule has 2 aromatic carbocycles. The van der Waals surface area contributed by atoms with Gasteiger partial charge in [-0.1, -0.05) is 18.6 Å². The lowest BCUT2D eigenvalue weighted by molar-refractivity contribution is 0.103. The summed E-state index contributed by atoms with van der Waals surface area (Å²) in [5.74, 6) is 0.777. The Morgan fingerprint density at radius 1 is 1.03 bits per heavy atom. The van der Waals surface area contributed by atoms with Crippen molar-refractivity contribution in [3.63, 3.8) is 0 Å². The van der Waals surface area contributed by atoms with Crippen molar-refractivity contribution in [3.8, 4) is 5.75 Å². The van der Waals surface area contributed by atoms with Gasteiger partial charge < -0.3 is 14.5 Å².